The first-order valence-electron chi connectivity index (χ1n) is 17.3. The molecule has 5 aliphatic carbocycles. The molecule has 1 N–H and O–H groups in total. The summed E-state index contributed by atoms with van der Waals surface area (Å²) in [6.07, 6.45) is 13.5. The number of rotatable bonds is 6. The number of aliphatic hydroxyl groups is 1. The van der Waals surface area contributed by atoms with Crippen molar-refractivity contribution in [2.45, 2.75) is 86.5 Å². The summed E-state index contributed by atoms with van der Waals surface area (Å²) in [6, 6.07) is 7.21. The van der Waals surface area contributed by atoms with Crippen molar-refractivity contribution in [3.63, 3.8) is 0 Å². The number of ketones is 1. The highest BCUT2D eigenvalue weighted by molar-refractivity contribution is 6.06. The first-order chi connectivity index (χ1) is 23.0. The molecule has 1 aromatic rings. The molecule has 5 aliphatic rings. The van der Waals surface area contributed by atoms with Crippen LogP contribution < -0.4 is 0 Å². The van der Waals surface area contributed by atoms with E-state index in [1.807, 2.05) is 19.9 Å². The standard InChI is InChI=1S/C41H46FNO6/c1-25-29-11-12-32-39(4,30(29)22-31(44)34(25)45)16-18-41(6)33-23-38(3,14-13-37(33,2)15-17-40(32,41)5)36(47)49-20-19-48-35(46)27(24-43)21-26-7-9-28(42)10-8-26/h7-12,21-22,33,45H,13-20,23H2,1-6H3/b27-21+/t33-,37-,38-,39+,40-,41+/m1/s1. The number of nitriles is 1. The number of fused-ring (bicyclic) bond motifs is 7. The van der Waals surface area contributed by atoms with E-state index in [0.29, 0.717) is 24.0 Å². The third-order valence-corrected chi connectivity index (χ3v) is 13.4. The van der Waals surface area contributed by atoms with Crippen molar-refractivity contribution < 1.29 is 33.4 Å². The summed E-state index contributed by atoms with van der Waals surface area (Å²) in [7, 11) is 0. The highest BCUT2D eigenvalue weighted by Gasteiger charge is 2.67. The van der Waals surface area contributed by atoms with E-state index in [2.05, 4.69) is 39.8 Å². The lowest BCUT2D eigenvalue weighted by Crippen LogP contribution is -2.62. The molecule has 8 heteroatoms. The maximum Gasteiger partial charge on any atom is 0.349 e. The summed E-state index contributed by atoms with van der Waals surface area (Å²) in [5, 5.41) is 19.9. The monoisotopic (exact) mass is 667 g/mol. The van der Waals surface area contributed by atoms with Crippen LogP contribution in [0.15, 0.2) is 76.1 Å². The van der Waals surface area contributed by atoms with Crippen molar-refractivity contribution >= 4 is 23.8 Å². The van der Waals surface area contributed by atoms with Gasteiger partial charge in [0.25, 0.3) is 0 Å². The predicted molar refractivity (Wildman–Crippen MR) is 183 cm³/mol. The van der Waals surface area contributed by atoms with Gasteiger partial charge in [0.05, 0.1) is 5.41 Å². The van der Waals surface area contributed by atoms with Gasteiger partial charge in [0.1, 0.15) is 30.7 Å². The van der Waals surface area contributed by atoms with Crippen LogP contribution >= 0.6 is 0 Å². The number of aliphatic hydroxyl groups excluding tert-OH is 1. The third kappa shape index (κ3) is 5.41. The molecule has 1 aromatic carbocycles. The lowest BCUT2D eigenvalue weighted by atomic mass is 9.34. The van der Waals surface area contributed by atoms with Crippen LogP contribution in [0.1, 0.15) is 92.1 Å². The first kappa shape index (κ1) is 34.6. The molecule has 6 atom stereocenters. The smallest absolute Gasteiger partial charge is 0.349 e. The molecule has 0 aliphatic heterocycles. The van der Waals surface area contributed by atoms with Gasteiger partial charge in [0.2, 0.25) is 5.78 Å². The van der Waals surface area contributed by atoms with Crippen LogP contribution in [0, 0.1) is 50.1 Å². The number of benzene rings is 1. The fraction of sp³-hybridized carbons (Fsp3) is 0.512. The Morgan fingerprint density at radius 2 is 1.65 bits per heavy atom. The van der Waals surface area contributed by atoms with E-state index in [1.165, 1.54) is 35.9 Å². The maximum atomic E-state index is 13.7. The van der Waals surface area contributed by atoms with Gasteiger partial charge in [-0.05, 0) is 122 Å². The van der Waals surface area contributed by atoms with Crippen LogP contribution in [0.5, 0.6) is 0 Å². The Kier molecular flexibility index (Phi) is 8.45. The van der Waals surface area contributed by atoms with Crippen molar-refractivity contribution in [2.75, 3.05) is 13.2 Å². The summed E-state index contributed by atoms with van der Waals surface area (Å²) in [6.45, 7) is 12.9. The zero-order valence-corrected chi connectivity index (χ0v) is 29.4. The number of hydrogen-bond acceptors (Lipinski definition) is 7. The van der Waals surface area contributed by atoms with Gasteiger partial charge < -0.3 is 14.6 Å². The van der Waals surface area contributed by atoms with Gasteiger partial charge in [-0.3, -0.25) is 9.59 Å². The lowest BCUT2D eigenvalue weighted by Gasteiger charge is -2.70. The second kappa shape index (κ2) is 12.0. The minimum Gasteiger partial charge on any atom is -0.504 e. The molecule has 258 valence electrons. The summed E-state index contributed by atoms with van der Waals surface area (Å²) < 4.78 is 24.2. The number of esters is 2. The van der Waals surface area contributed by atoms with Gasteiger partial charge in [-0.25, -0.2) is 9.18 Å². The van der Waals surface area contributed by atoms with Gasteiger partial charge in [0, 0.05) is 11.0 Å². The lowest BCUT2D eigenvalue weighted by molar-refractivity contribution is -0.183. The average Bonchev–Trinajstić information content (AvgIpc) is 3.07. The number of carbonyl (C=O) groups is 3. The number of hydrogen-bond donors (Lipinski definition) is 1. The molecule has 0 bridgehead atoms. The molecule has 0 aromatic heterocycles. The molecular weight excluding hydrogens is 621 g/mol. The van der Waals surface area contributed by atoms with Crippen molar-refractivity contribution in [1.29, 1.82) is 5.26 Å². The Morgan fingerprint density at radius 3 is 2.35 bits per heavy atom. The Labute approximate surface area is 288 Å². The van der Waals surface area contributed by atoms with E-state index in [1.54, 1.807) is 6.08 Å². The number of allylic oxidation sites excluding steroid dienone is 7. The minimum atomic E-state index is -0.837. The molecule has 0 saturated heterocycles. The number of nitrogens with zero attached hydrogens (tertiary/aromatic N) is 1. The van der Waals surface area contributed by atoms with Crippen molar-refractivity contribution in [3.05, 3.63) is 87.5 Å². The van der Waals surface area contributed by atoms with E-state index in [-0.39, 0.29) is 63.9 Å². The van der Waals surface area contributed by atoms with Crippen LogP contribution in [0.2, 0.25) is 0 Å². The van der Waals surface area contributed by atoms with Gasteiger partial charge in [-0.15, -0.1) is 0 Å². The topological polar surface area (TPSA) is 114 Å². The van der Waals surface area contributed by atoms with Gasteiger partial charge in [-0.1, -0.05) is 57.6 Å². The number of halogens is 1. The summed E-state index contributed by atoms with van der Waals surface area (Å²) in [4.78, 5) is 39.0. The zero-order chi connectivity index (χ0) is 35.6. The summed E-state index contributed by atoms with van der Waals surface area (Å²) in [5.41, 5.74) is 2.97. The van der Waals surface area contributed by atoms with Crippen molar-refractivity contribution in [2.24, 2.45) is 33.0 Å². The fourth-order valence-corrected chi connectivity index (χ4v) is 10.0. The molecule has 3 saturated carbocycles. The molecule has 0 radical (unpaired) electrons. The Morgan fingerprint density at radius 1 is 0.980 bits per heavy atom. The van der Waals surface area contributed by atoms with E-state index >= 15 is 0 Å². The summed E-state index contributed by atoms with van der Waals surface area (Å²) >= 11 is 0. The molecule has 0 unspecified atom stereocenters. The second-order valence-corrected chi connectivity index (χ2v) is 16.1. The predicted octanol–water partition coefficient (Wildman–Crippen LogP) is 8.45. The van der Waals surface area contributed by atoms with Crippen molar-refractivity contribution in [3.8, 4) is 6.07 Å². The van der Waals surface area contributed by atoms with Crippen LogP contribution in [0.3, 0.4) is 0 Å². The van der Waals surface area contributed by atoms with E-state index in [9.17, 15) is 29.1 Å². The third-order valence-electron chi connectivity index (χ3n) is 13.4. The SMILES string of the molecule is CC1=C(O)C(=O)C=C2C1=CC=C1[C@@]2(C)CC[C@@]2(C)[C@@H]3C[C@](C)(C(=O)OCCOC(=O)/C(C#N)=C/c4ccc(F)cc4)CC[C@]3(C)CC[C@]12C. The molecule has 49 heavy (non-hydrogen) atoms. The van der Waals surface area contributed by atoms with E-state index in [0.717, 1.165) is 43.3 Å². The van der Waals surface area contributed by atoms with Crippen LogP contribution in [0.4, 0.5) is 4.39 Å². The van der Waals surface area contributed by atoms with E-state index < -0.39 is 17.2 Å². The van der Waals surface area contributed by atoms with Crippen LogP contribution in [0.25, 0.3) is 6.08 Å². The van der Waals surface area contributed by atoms with Crippen molar-refractivity contribution in [1.82, 2.24) is 0 Å². The quantitative estimate of drug-likeness (QED) is 0.140. The van der Waals surface area contributed by atoms with Gasteiger partial charge >= 0.3 is 11.9 Å². The zero-order valence-electron chi connectivity index (χ0n) is 29.4. The maximum absolute atomic E-state index is 13.7. The van der Waals surface area contributed by atoms with Gasteiger partial charge in [-0.2, -0.15) is 5.26 Å². The van der Waals surface area contributed by atoms with E-state index in [4.69, 9.17) is 9.47 Å². The van der Waals surface area contributed by atoms with Gasteiger partial charge in [0.15, 0.2) is 5.76 Å². The second-order valence-electron chi connectivity index (χ2n) is 16.1. The molecule has 0 heterocycles. The summed E-state index contributed by atoms with van der Waals surface area (Å²) in [5.74, 6) is -1.81. The molecule has 0 amide bonds. The minimum absolute atomic E-state index is 0.0727. The molecule has 3 fully saturated rings. The number of carbonyl (C=O) groups excluding carboxylic acids is 3. The van der Waals surface area contributed by atoms with Crippen LogP contribution in [-0.4, -0.2) is 36.0 Å². The Bertz CT molecular complexity index is 1830. The molecule has 0 spiro atoms. The highest BCUT2D eigenvalue weighted by Crippen LogP contribution is 2.75. The van der Waals surface area contributed by atoms with Crippen LogP contribution in [-0.2, 0) is 23.9 Å². The normalized spacial score (nSPS) is 35.3. The molecule has 7 nitrogen and oxygen atoms in total. The average molecular weight is 668 g/mol. The fourth-order valence-electron chi connectivity index (χ4n) is 10.0. The first-order valence-corrected chi connectivity index (χ1v) is 17.3. The number of ether oxygens (including phenoxy) is 2. The largest absolute Gasteiger partial charge is 0.504 e. The Balaban J connectivity index is 1.17. The Hall–Kier alpha value is -4.25. The highest BCUT2D eigenvalue weighted by atomic mass is 19.1. The molecule has 6 rings (SSSR count). The molecular formula is C41H46FNO6.